The second-order valence-electron chi connectivity index (χ2n) is 2.33. The van der Waals surface area contributed by atoms with E-state index in [4.69, 9.17) is 17.3 Å². The van der Waals surface area contributed by atoms with Crippen LogP contribution in [0.3, 0.4) is 0 Å². The number of hydrogen-bond acceptors (Lipinski definition) is 1. The van der Waals surface area contributed by atoms with Gasteiger partial charge in [-0.05, 0) is 18.1 Å². The van der Waals surface area contributed by atoms with Gasteiger partial charge in [-0.15, -0.1) is 0 Å². The molecule has 0 aliphatic rings. The number of halogens is 1. The second kappa shape index (κ2) is 3.44. The third kappa shape index (κ3) is 1.75. The Labute approximate surface area is 71.5 Å². The van der Waals surface area contributed by atoms with Crippen molar-refractivity contribution in [2.24, 2.45) is 5.73 Å². The summed E-state index contributed by atoms with van der Waals surface area (Å²) in [4.78, 5) is 0. The molecule has 0 radical (unpaired) electrons. The normalized spacial score (nSPS) is 11.6. The Morgan fingerprint density at radius 1 is 1.45 bits per heavy atom. The highest BCUT2D eigenvalue weighted by atomic mass is 35.5. The molecule has 0 saturated carbocycles. The van der Waals surface area contributed by atoms with Gasteiger partial charge >= 0.3 is 0 Å². The van der Waals surface area contributed by atoms with Crippen LogP contribution >= 0.6 is 11.6 Å². The van der Waals surface area contributed by atoms with Gasteiger partial charge in [-0.25, -0.2) is 0 Å². The van der Waals surface area contributed by atoms with Crippen LogP contribution in [-0.2, 0) is 0 Å². The standard InChI is InChI=1S/C9H10ClN/c1-7-4-2-3-5-8(7)9(10)6-11/h2-6H,11H2,1H3/b9-6+. The molecule has 0 aromatic heterocycles. The summed E-state index contributed by atoms with van der Waals surface area (Å²) >= 11 is 5.83. The SMILES string of the molecule is Cc1ccccc1/C(Cl)=C\N. The molecule has 0 unspecified atom stereocenters. The largest absolute Gasteiger partial charge is 0.403 e. The number of hydrogen-bond donors (Lipinski definition) is 1. The lowest BCUT2D eigenvalue weighted by atomic mass is 10.1. The predicted molar refractivity (Wildman–Crippen MR) is 49.2 cm³/mol. The third-order valence-corrected chi connectivity index (χ3v) is 1.88. The molecular weight excluding hydrogens is 158 g/mol. The van der Waals surface area contributed by atoms with E-state index < -0.39 is 0 Å². The Hall–Kier alpha value is -0.950. The van der Waals surface area contributed by atoms with Gasteiger partial charge in [-0.3, -0.25) is 0 Å². The van der Waals surface area contributed by atoms with Crippen LogP contribution in [0.1, 0.15) is 11.1 Å². The summed E-state index contributed by atoms with van der Waals surface area (Å²) in [5.41, 5.74) is 7.41. The summed E-state index contributed by atoms with van der Waals surface area (Å²) < 4.78 is 0. The Kier molecular flexibility index (Phi) is 2.55. The molecule has 1 aromatic carbocycles. The first kappa shape index (κ1) is 8.15. The lowest BCUT2D eigenvalue weighted by Gasteiger charge is -2.01. The fourth-order valence-electron chi connectivity index (χ4n) is 0.931. The lowest BCUT2D eigenvalue weighted by molar-refractivity contribution is 1.43. The zero-order valence-electron chi connectivity index (χ0n) is 6.34. The van der Waals surface area contributed by atoms with Gasteiger partial charge in [0.25, 0.3) is 0 Å². The van der Waals surface area contributed by atoms with E-state index in [1.165, 1.54) is 6.20 Å². The second-order valence-corrected chi connectivity index (χ2v) is 2.74. The van der Waals surface area contributed by atoms with E-state index >= 15 is 0 Å². The van der Waals surface area contributed by atoms with Crippen molar-refractivity contribution in [3.63, 3.8) is 0 Å². The van der Waals surface area contributed by atoms with Crippen LogP contribution in [0.25, 0.3) is 5.03 Å². The maximum atomic E-state index is 5.83. The van der Waals surface area contributed by atoms with Crippen LogP contribution in [0.2, 0.25) is 0 Å². The summed E-state index contributed by atoms with van der Waals surface area (Å²) in [5.74, 6) is 0. The van der Waals surface area contributed by atoms with E-state index in [0.717, 1.165) is 11.1 Å². The molecule has 0 aliphatic heterocycles. The molecule has 1 aromatic rings. The van der Waals surface area contributed by atoms with Crippen LogP contribution in [-0.4, -0.2) is 0 Å². The Morgan fingerprint density at radius 3 is 2.64 bits per heavy atom. The van der Waals surface area contributed by atoms with Crippen LogP contribution in [0.4, 0.5) is 0 Å². The molecule has 0 heterocycles. The topological polar surface area (TPSA) is 26.0 Å². The van der Waals surface area contributed by atoms with Gasteiger partial charge in [0.1, 0.15) is 0 Å². The van der Waals surface area contributed by atoms with E-state index in [-0.39, 0.29) is 0 Å². The molecule has 1 nitrogen and oxygen atoms in total. The molecule has 0 spiro atoms. The van der Waals surface area contributed by atoms with Gasteiger partial charge in [-0.1, -0.05) is 35.9 Å². The average molecular weight is 168 g/mol. The summed E-state index contributed by atoms with van der Waals surface area (Å²) in [5, 5.41) is 0.600. The number of nitrogens with two attached hydrogens (primary N) is 1. The maximum absolute atomic E-state index is 5.83. The minimum Gasteiger partial charge on any atom is -0.403 e. The Morgan fingerprint density at radius 2 is 2.09 bits per heavy atom. The van der Waals surface area contributed by atoms with E-state index in [2.05, 4.69) is 0 Å². The summed E-state index contributed by atoms with van der Waals surface area (Å²) in [6.45, 7) is 2.00. The summed E-state index contributed by atoms with van der Waals surface area (Å²) in [6.07, 6.45) is 1.41. The van der Waals surface area contributed by atoms with Crippen LogP contribution in [0.15, 0.2) is 30.5 Å². The first-order valence-corrected chi connectivity index (χ1v) is 3.77. The first-order valence-electron chi connectivity index (χ1n) is 3.39. The molecule has 11 heavy (non-hydrogen) atoms. The highest BCUT2D eigenvalue weighted by Crippen LogP contribution is 2.20. The maximum Gasteiger partial charge on any atom is 0.0635 e. The molecule has 2 N–H and O–H groups in total. The van der Waals surface area contributed by atoms with E-state index in [1.807, 2.05) is 31.2 Å². The van der Waals surface area contributed by atoms with Crippen molar-refractivity contribution in [1.29, 1.82) is 0 Å². The van der Waals surface area contributed by atoms with E-state index in [1.54, 1.807) is 0 Å². The fourth-order valence-corrected chi connectivity index (χ4v) is 1.14. The van der Waals surface area contributed by atoms with Crippen molar-refractivity contribution >= 4 is 16.6 Å². The molecule has 2 heteroatoms. The van der Waals surface area contributed by atoms with E-state index in [9.17, 15) is 0 Å². The van der Waals surface area contributed by atoms with Crippen LogP contribution in [0, 0.1) is 6.92 Å². The van der Waals surface area contributed by atoms with Gasteiger partial charge < -0.3 is 5.73 Å². The molecular formula is C9H10ClN. The number of rotatable bonds is 1. The quantitative estimate of drug-likeness (QED) is 0.684. The number of benzene rings is 1. The molecule has 0 fully saturated rings. The smallest absolute Gasteiger partial charge is 0.0635 e. The lowest BCUT2D eigenvalue weighted by Crippen LogP contribution is -1.86. The first-order chi connectivity index (χ1) is 5.25. The highest BCUT2D eigenvalue weighted by Gasteiger charge is 1.98. The van der Waals surface area contributed by atoms with Crippen molar-refractivity contribution in [2.45, 2.75) is 6.92 Å². The minimum absolute atomic E-state index is 0.600. The average Bonchev–Trinajstić information content (AvgIpc) is 2.04. The Bertz CT molecular complexity index is 279. The molecule has 0 atom stereocenters. The third-order valence-electron chi connectivity index (χ3n) is 1.55. The van der Waals surface area contributed by atoms with Gasteiger partial charge in [0.2, 0.25) is 0 Å². The molecule has 0 amide bonds. The zero-order valence-corrected chi connectivity index (χ0v) is 7.10. The highest BCUT2D eigenvalue weighted by molar-refractivity contribution is 6.48. The van der Waals surface area contributed by atoms with Gasteiger partial charge in [0, 0.05) is 6.20 Å². The van der Waals surface area contributed by atoms with Gasteiger partial charge in [-0.2, -0.15) is 0 Å². The number of aryl methyl sites for hydroxylation is 1. The molecule has 1 rings (SSSR count). The summed E-state index contributed by atoms with van der Waals surface area (Å²) in [6, 6.07) is 7.86. The van der Waals surface area contributed by atoms with Crippen LogP contribution < -0.4 is 5.73 Å². The molecule has 0 aliphatic carbocycles. The van der Waals surface area contributed by atoms with Crippen molar-refractivity contribution < 1.29 is 0 Å². The van der Waals surface area contributed by atoms with Crippen molar-refractivity contribution in [3.8, 4) is 0 Å². The fraction of sp³-hybridized carbons (Fsp3) is 0.111. The van der Waals surface area contributed by atoms with E-state index in [0.29, 0.717) is 5.03 Å². The van der Waals surface area contributed by atoms with Crippen LogP contribution in [0.5, 0.6) is 0 Å². The monoisotopic (exact) mass is 167 g/mol. The van der Waals surface area contributed by atoms with Gasteiger partial charge in [0.05, 0.1) is 5.03 Å². The molecule has 58 valence electrons. The van der Waals surface area contributed by atoms with Crippen molar-refractivity contribution in [1.82, 2.24) is 0 Å². The Balaban J connectivity index is 3.14. The predicted octanol–water partition coefficient (Wildman–Crippen LogP) is 2.49. The molecule has 0 bridgehead atoms. The van der Waals surface area contributed by atoms with Crippen molar-refractivity contribution in [2.75, 3.05) is 0 Å². The summed E-state index contributed by atoms with van der Waals surface area (Å²) in [7, 11) is 0. The van der Waals surface area contributed by atoms with Gasteiger partial charge in [0.15, 0.2) is 0 Å². The van der Waals surface area contributed by atoms with Crippen molar-refractivity contribution in [3.05, 3.63) is 41.6 Å². The minimum atomic E-state index is 0.600. The zero-order chi connectivity index (χ0) is 8.27. The molecule has 0 saturated heterocycles.